The molecule has 35 heavy (non-hydrogen) atoms. The van der Waals surface area contributed by atoms with E-state index in [0.29, 0.717) is 16.6 Å². The minimum atomic E-state index is -0.821. The van der Waals surface area contributed by atoms with Crippen molar-refractivity contribution in [2.45, 2.75) is 75.5 Å². The molecular weight excluding hydrogens is 587 g/mol. The molecule has 188 valence electrons. The summed E-state index contributed by atoms with van der Waals surface area (Å²) in [6, 6.07) is 11.9. The molecule has 0 amide bonds. The van der Waals surface area contributed by atoms with Crippen LogP contribution in [0.15, 0.2) is 45.3 Å². The number of halogens is 3. The number of hydrogen-bond donors (Lipinski definition) is 1. The summed E-state index contributed by atoms with van der Waals surface area (Å²) in [6.45, 7) is 0. The zero-order chi connectivity index (χ0) is 25.1. The summed E-state index contributed by atoms with van der Waals surface area (Å²) in [6.07, 6.45) is 10.4. The van der Waals surface area contributed by atoms with E-state index in [-0.39, 0.29) is 10.6 Å². The van der Waals surface area contributed by atoms with Gasteiger partial charge in [-0.2, -0.15) is 4.39 Å². The lowest BCUT2D eigenvalue weighted by Crippen LogP contribution is -2.28. The van der Waals surface area contributed by atoms with E-state index in [1.54, 1.807) is 6.07 Å². The Bertz CT molecular complexity index is 1070. The number of nitro benzene ring substituents is 2. The van der Waals surface area contributed by atoms with Crippen LogP contribution in [0.5, 0.6) is 0 Å². The molecule has 4 aliphatic rings. The average molecular weight is 614 g/mol. The first-order valence-corrected chi connectivity index (χ1v) is 13.4. The van der Waals surface area contributed by atoms with Crippen molar-refractivity contribution < 1.29 is 14.2 Å². The maximum Gasteiger partial charge on any atom is 0.305 e. The number of nitrogens with zero attached hydrogens (tertiary/aromatic N) is 3. The topological polar surface area (TPSA) is 102 Å². The molecule has 6 rings (SSSR count). The number of benzene rings is 2. The third-order valence-electron chi connectivity index (χ3n) is 6.02. The van der Waals surface area contributed by atoms with E-state index < -0.39 is 16.4 Å². The molecular formula is C24H27Br2FN4O4. The number of rotatable bonds is 7. The highest BCUT2D eigenvalue weighted by atomic mass is 79.9. The molecule has 11 heteroatoms. The summed E-state index contributed by atoms with van der Waals surface area (Å²) >= 11 is 6.29. The maximum atomic E-state index is 12.6. The van der Waals surface area contributed by atoms with Gasteiger partial charge in [0.1, 0.15) is 5.69 Å². The second-order valence-corrected chi connectivity index (χ2v) is 11.2. The predicted molar refractivity (Wildman–Crippen MR) is 139 cm³/mol. The molecule has 2 aromatic carbocycles. The minimum Gasteiger partial charge on any atom is -0.360 e. The highest BCUT2D eigenvalue weighted by Crippen LogP contribution is 2.44. The molecule has 0 spiro atoms. The summed E-state index contributed by atoms with van der Waals surface area (Å²) in [5.74, 6) is -0.821. The molecule has 0 bridgehead atoms. The van der Waals surface area contributed by atoms with Gasteiger partial charge in [-0.3, -0.25) is 20.2 Å². The van der Waals surface area contributed by atoms with Crippen LogP contribution < -0.4 is 10.2 Å². The van der Waals surface area contributed by atoms with Gasteiger partial charge in [0.15, 0.2) is 0 Å². The molecule has 1 N–H and O–H groups in total. The lowest BCUT2D eigenvalue weighted by molar-refractivity contribution is -0.387. The van der Waals surface area contributed by atoms with E-state index in [2.05, 4.69) is 42.1 Å². The molecule has 0 unspecified atom stereocenters. The SMILES string of the molecule is C1CC1NC1CC1.O=[N+]([O-])c1cc(Br)ccc1F.O=[N+]([O-])c1cc(Br)ccc1N(C1CC1)C1CC1. The quantitative estimate of drug-likeness (QED) is 0.270. The van der Waals surface area contributed by atoms with E-state index in [0.717, 1.165) is 34.4 Å². The van der Waals surface area contributed by atoms with Gasteiger partial charge in [-0.05, 0) is 75.6 Å². The van der Waals surface area contributed by atoms with Gasteiger partial charge in [0, 0.05) is 45.2 Å². The van der Waals surface area contributed by atoms with E-state index in [4.69, 9.17) is 0 Å². The van der Waals surface area contributed by atoms with Crippen LogP contribution in [0, 0.1) is 26.0 Å². The Morgan fingerprint density at radius 2 is 1.23 bits per heavy atom. The zero-order valence-corrected chi connectivity index (χ0v) is 22.2. The first-order valence-electron chi connectivity index (χ1n) is 11.8. The summed E-state index contributed by atoms with van der Waals surface area (Å²) in [5, 5.41) is 24.8. The number of nitro groups is 2. The zero-order valence-electron chi connectivity index (χ0n) is 19.0. The van der Waals surface area contributed by atoms with Crippen LogP contribution in [0.25, 0.3) is 0 Å². The molecule has 0 aliphatic heterocycles. The maximum absolute atomic E-state index is 12.6. The highest BCUT2D eigenvalue weighted by molar-refractivity contribution is 9.10. The van der Waals surface area contributed by atoms with Gasteiger partial charge in [-0.15, -0.1) is 0 Å². The number of nitrogens with one attached hydrogen (secondary N) is 1. The molecule has 8 nitrogen and oxygen atoms in total. The Kier molecular flexibility index (Phi) is 8.38. The third kappa shape index (κ3) is 7.94. The summed E-state index contributed by atoms with van der Waals surface area (Å²) in [4.78, 5) is 22.5. The first-order chi connectivity index (χ1) is 16.7. The Morgan fingerprint density at radius 1 is 0.771 bits per heavy atom. The third-order valence-corrected chi connectivity index (χ3v) is 7.01. The fraction of sp³-hybridized carbons (Fsp3) is 0.500. The molecule has 0 radical (unpaired) electrons. The Morgan fingerprint density at radius 3 is 1.63 bits per heavy atom. The molecule has 0 atom stereocenters. The van der Waals surface area contributed by atoms with Crippen LogP contribution in [0.3, 0.4) is 0 Å². The van der Waals surface area contributed by atoms with Crippen molar-refractivity contribution in [3.63, 3.8) is 0 Å². The second kappa shape index (κ2) is 11.3. The summed E-state index contributed by atoms with van der Waals surface area (Å²) in [7, 11) is 0. The van der Waals surface area contributed by atoms with Gasteiger partial charge in [-0.1, -0.05) is 31.9 Å². The second-order valence-electron chi connectivity index (χ2n) is 9.33. The van der Waals surface area contributed by atoms with Gasteiger partial charge >= 0.3 is 5.69 Å². The summed E-state index contributed by atoms with van der Waals surface area (Å²) < 4.78 is 13.8. The molecule has 0 saturated heterocycles. The largest absolute Gasteiger partial charge is 0.360 e. The van der Waals surface area contributed by atoms with Gasteiger partial charge in [0.2, 0.25) is 5.82 Å². The molecule has 2 aromatic rings. The van der Waals surface area contributed by atoms with Crippen LogP contribution >= 0.6 is 31.9 Å². The molecule has 0 heterocycles. The molecule has 0 aromatic heterocycles. The minimum absolute atomic E-state index is 0.221. The van der Waals surface area contributed by atoms with Gasteiger partial charge < -0.3 is 10.2 Å². The lowest BCUT2D eigenvalue weighted by atomic mass is 10.2. The van der Waals surface area contributed by atoms with E-state index in [1.165, 1.54) is 57.4 Å². The summed E-state index contributed by atoms with van der Waals surface area (Å²) in [5.41, 5.74) is 0.501. The molecule has 4 saturated carbocycles. The van der Waals surface area contributed by atoms with Crippen LogP contribution in [0.1, 0.15) is 51.4 Å². The average Bonchev–Trinajstić information content (AvgIpc) is 3.60. The van der Waals surface area contributed by atoms with Crippen molar-refractivity contribution in [1.29, 1.82) is 0 Å². The first kappa shape index (κ1) is 26.0. The molecule has 4 fully saturated rings. The highest BCUT2D eigenvalue weighted by Gasteiger charge is 2.41. The van der Waals surface area contributed by atoms with Gasteiger partial charge in [-0.25, -0.2) is 0 Å². The van der Waals surface area contributed by atoms with E-state index in [1.807, 2.05) is 12.1 Å². The number of anilines is 1. The molecule has 4 aliphatic carbocycles. The van der Waals surface area contributed by atoms with Crippen molar-refractivity contribution in [2.75, 3.05) is 4.90 Å². The Labute approximate surface area is 219 Å². The Balaban J connectivity index is 0.000000137. The van der Waals surface area contributed by atoms with E-state index >= 15 is 0 Å². The van der Waals surface area contributed by atoms with Crippen LogP contribution in [-0.4, -0.2) is 34.0 Å². The van der Waals surface area contributed by atoms with Gasteiger partial charge in [0.25, 0.3) is 5.69 Å². The van der Waals surface area contributed by atoms with Gasteiger partial charge in [0.05, 0.1) is 9.85 Å². The van der Waals surface area contributed by atoms with Crippen LogP contribution in [-0.2, 0) is 0 Å². The van der Waals surface area contributed by atoms with Crippen LogP contribution in [0.4, 0.5) is 21.5 Å². The smallest absolute Gasteiger partial charge is 0.305 e. The monoisotopic (exact) mass is 612 g/mol. The van der Waals surface area contributed by atoms with Crippen molar-refractivity contribution in [1.82, 2.24) is 5.32 Å². The Hall–Kier alpha value is -2.11. The van der Waals surface area contributed by atoms with Crippen molar-refractivity contribution in [2.24, 2.45) is 0 Å². The van der Waals surface area contributed by atoms with Crippen molar-refractivity contribution >= 4 is 48.9 Å². The lowest BCUT2D eigenvalue weighted by Gasteiger charge is -2.24. The normalized spacial score (nSPS) is 18.5. The standard InChI is InChI=1S/C12H13BrN2O2.C6H3BrFNO2.C6H11N/c13-8-1-6-11(12(7-8)15(16)17)14(9-2-3-9)10-4-5-10;7-4-1-2-5(8)6(3-4)9(10)11;1-2-5(1)7-6-3-4-6/h1,6-7,9-10H,2-5H2;1-3H;5-7H,1-4H2. The fourth-order valence-corrected chi connectivity index (χ4v) is 4.42. The van der Waals surface area contributed by atoms with Crippen LogP contribution in [0.2, 0.25) is 0 Å². The predicted octanol–water partition coefficient (Wildman–Crippen LogP) is 6.89. The van der Waals surface area contributed by atoms with Crippen molar-refractivity contribution in [3.05, 3.63) is 71.4 Å². The van der Waals surface area contributed by atoms with Crippen molar-refractivity contribution in [3.8, 4) is 0 Å². The fourth-order valence-electron chi connectivity index (χ4n) is 3.72. The number of hydrogen-bond acceptors (Lipinski definition) is 6. The van der Waals surface area contributed by atoms with E-state index in [9.17, 15) is 24.6 Å².